The first kappa shape index (κ1) is 26.8. The third-order valence-corrected chi connectivity index (χ3v) is 25.6. The molecular weight excluding hydrogens is 534 g/mol. The molecule has 9 unspecified atom stereocenters. The van der Waals surface area contributed by atoms with Gasteiger partial charge in [0, 0.05) is 37.5 Å². The van der Waals surface area contributed by atoms with Gasteiger partial charge in [-0.15, -0.1) is 35.7 Å². The number of carbonyl (C=O) groups excluding carboxylic acids is 1. The minimum atomic E-state index is -0.214. The predicted molar refractivity (Wildman–Crippen MR) is 158 cm³/mol. The van der Waals surface area contributed by atoms with Gasteiger partial charge in [0.15, 0.2) is 0 Å². The summed E-state index contributed by atoms with van der Waals surface area (Å²) in [4.78, 5) is 22.3. The van der Waals surface area contributed by atoms with Gasteiger partial charge < -0.3 is 4.90 Å². The number of carbonyl (C=O) groups is 1. The molecule has 0 spiro atoms. The number of aromatic nitrogens is 2. The summed E-state index contributed by atoms with van der Waals surface area (Å²) in [5, 5.41) is 1.32. The van der Waals surface area contributed by atoms with Gasteiger partial charge in [-0.05, 0) is 68.1 Å². The van der Waals surface area contributed by atoms with E-state index in [1.807, 2.05) is 25.6 Å². The van der Waals surface area contributed by atoms with Crippen LogP contribution >= 0.6 is 66.2 Å². The van der Waals surface area contributed by atoms with Crippen molar-refractivity contribution >= 4 is 82.9 Å². The number of aryl methyl sites for hydroxylation is 1. The van der Waals surface area contributed by atoms with Crippen molar-refractivity contribution in [2.24, 2.45) is 5.92 Å². The van der Waals surface area contributed by atoms with E-state index in [1.165, 1.54) is 35.6 Å². The predicted octanol–water partition coefficient (Wildman–Crippen LogP) is 5.36. The second-order valence-electron chi connectivity index (χ2n) is 7.84. The average Bonchev–Trinajstić information content (AvgIpc) is 2.78. The molecule has 0 radical (unpaired) electrons. The molecule has 1 aliphatic heterocycles. The fraction of sp³-hybridized carbons (Fsp3) is 0.421. The number of rotatable bonds is 4. The SMILES string of the molecule is CC1CCc2ccnc(P(P)PP)c2C1.CN1Cc2c(cncc2P(P)PP)CC1=O. The Morgan fingerprint density at radius 2 is 1.87 bits per heavy atom. The molecule has 0 N–H and O–H groups in total. The number of fused-ring (bicyclic) bond motifs is 2. The van der Waals surface area contributed by atoms with Crippen LogP contribution in [-0.4, -0.2) is 27.8 Å². The normalized spacial score (nSPS) is 20.4. The lowest BCUT2D eigenvalue weighted by Crippen LogP contribution is -2.35. The molecule has 0 bridgehead atoms. The molecular formula is C19H31N3OP8. The fourth-order valence-corrected chi connectivity index (χ4v) is 11.2. The maximum atomic E-state index is 11.6. The molecule has 1 aliphatic carbocycles. The van der Waals surface area contributed by atoms with Crippen molar-refractivity contribution in [1.82, 2.24) is 14.9 Å². The summed E-state index contributed by atoms with van der Waals surface area (Å²) in [6.45, 7) is 3.09. The first-order valence-electron chi connectivity index (χ1n) is 10.0. The van der Waals surface area contributed by atoms with Gasteiger partial charge in [-0.1, -0.05) is 22.8 Å². The molecule has 3 heterocycles. The Bertz CT molecular complexity index is 931. The van der Waals surface area contributed by atoms with Gasteiger partial charge in [0.05, 0.1) is 11.9 Å². The topological polar surface area (TPSA) is 46.1 Å². The molecule has 4 nitrogen and oxygen atoms in total. The Balaban J connectivity index is 0.000000176. The lowest BCUT2D eigenvalue weighted by molar-refractivity contribution is -0.130. The lowest BCUT2D eigenvalue weighted by atomic mass is 9.86. The van der Waals surface area contributed by atoms with Gasteiger partial charge in [0.1, 0.15) is 0 Å². The maximum Gasteiger partial charge on any atom is 0.227 e. The Morgan fingerprint density at radius 3 is 2.58 bits per heavy atom. The Morgan fingerprint density at radius 1 is 1.13 bits per heavy atom. The largest absolute Gasteiger partial charge is 0.341 e. The molecule has 168 valence electrons. The van der Waals surface area contributed by atoms with Gasteiger partial charge in [-0.25, -0.2) is 0 Å². The van der Waals surface area contributed by atoms with Gasteiger partial charge in [-0.2, -0.15) is 0 Å². The summed E-state index contributed by atoms with van der Waals surface area (Å²) < 4.78 is 0. The summed E-state index contributed by atoms with van der Waals surface area (Å²) >= 11 is 0. The number of hydrogen-bond acceptors (Lipinski definition) is 3. The second-order valence-corrected chi connectivity index (χ2v) is 26.0. The number of pyridine rings is 2. The van der Waals surface area contributed by atoms with Crippen LogP contribution in [0.1, 0.15) is 35.6 Å². The number of amides is 1. The van der Waals surface area contributed by atoms with E-state index in [1.54, 1.807) is 16.0 Å². The summed E-state index contributed by atoms with van der Waals surface area (Å²) in [7, 11) is 14.8. The Hall–Kier alpha value is 1.21. The monoisotopic (exact) mass is 565 g/mol. The van der Waals surface area contributed by atoms with Crippen LogP contribution in [0.3, 0.4) is 0 Å². The van der Waals surface area contributed by atoms with Crippen molar-refractivity contribution in [3.8, 4) is 0 Å². The molecule has 2 aliphatic rings. The highest BCUT2D eigenvalue weighted by molar-refractivity contribution is 8.63. The lowest BCUT2D eigenvalue weighted by Gasteiger charge is -2.27. The van der Waals surface area contributed by atoms with Crippen molar-refractivity contribution < 1.29 is 4.79 Å². The van der Waals surface area contributed by atoms with E-state index >= 15 is 0 Å². The van der Waals surface area contributed by atoms with Crippen LogP contribution in [0.5, 0.6) is 0 Å². The van der Waals surface area contributed by atoms with Gasteiger partial charge in [0.2, 0.25) is 5.91 Å². The van der Waals surface area contributed by atoms with E-state index in [4.69, 9.17) is 0 Å². The van der Waals surface area contributed by atoms with Crippen LogP contribution in [-0.2, 0) is 30.6 Å². The summed E-state index contributed by atoms with van der Waals surface area (Å²) in [5.74, 6) is 1.02. The van der Waals surface area contributed by atoms with Gasteiger partial charge in [-0.3, -0.25) is 14.8 Å². The summed E-state index contributed by atoms with van der Waals surface area (Å²) in [6.07, 6.45) is 10.1. The smallest absolute Gasteiger partial charge is 0.227 e. The van der Waals surface area contributed by atoms with Crippen molar-refractivity contribution in [3.05, 3.63) is 46.9 Å². The standard InChI is InChI=1S/C10H17NP4.C9H14N2OP4/c1-7-2-3-8-4-5-11-10(9(8)6-7)15(13)14-12;1-11-5-7-6(2-9(11)12)3-10-4-8(7)16(14)15-13/h4-5,7,14H,2-3,6,12-13H2,1H3;3-4,15H,2,5,13-14H2,1H3. The number of likely N-dealkylation sites (N-methyl/N-ethyl adjacent to an activating group) is 1. The van der Waals surface area contributed by atoms with Crippen molar-refractivity contribution in [2.75, 3.05) is 7.05 Å². The van der Waals surface area contributed by atoms with Gasteiger partial charge in [0.25, 0.3) is 0 Å². The molecule has 0 saturated heterocycles. The first-order chi connectivity index (χ1) is 14.8. The molecule has 2 aromatic heterocycles. The van der Waals surface area contributed by atoms with Crippen LogP contribution in [0.15, 0.2) is 24.7 Å². The van der Waals surface area contributed by atoms with Crippen molar-refractivity contribution in [1.29, 1.82) is 0 Å². The highest BCUT2D eigenvalue weighted by Gasteiger charge is 2.24. The Kier molecular flexibility index (Phi) is 11.1. The summed E-state index contributed by atoms with van der Waals surface area (Å²) in [6, 6.07) is 2.21. The second kappa shape index (κ2) is 12.8. The Labute approximate surface area is 201 Å². The number of nitrogens with zero attached hydrogens (tertiary/aromatic N) is 3. The quantitative estimate of drug-likeness (QED) is 0.469. The highest BCUT2D eigenvalue weighted by Crippen LogP contribution is 2.65. The molecule has 0 saturated carbocycles. The summed E-state index contributed by atoms with van der Waals surface area (Å²) in [5.41, 5.74) is 6.92. The fourth-order valence-electron chi connectivity index (χ4n) is 3.85. The minimum Gasteiger partial charge on any atom is -0.341 e. The van der Waals surface area contributed by atoms with Gasteiger partial charge >= 0.3 is 0 Å². The van der Waals surface area contributed by atoms with E-state index < -0.39 is 0 Å². The third kappa shape index (κ3) is 6.88. The third-order valence-electron chi connectivity index (χ3n) is 5.64. The minimum absolute atomic E-state index is 0.111. The van der Waals surface area contributed by atoms with E-state index in [0.717, 1.165) is 33.9 Å². The van der Waals surface area contributed by atoms with Crippen LogP contribution in [0.25, 0.3) is 0 Å². The van der Waals surface area contributed by atoms with E-state index in [0.29, 0.717) is 6.42 Å². The molecule has 0 fully saturated rings. The average molecular weight is 565 g/mol. The van der Waals surface area contributed by atoms with Crippen molar-refractivity contribution in [2.45, 2.75) is 39.2 Å². The van der Waals surface area contributed by atoms with Crippen LogP contribution in [0.4, 0.5) is 0 Å². The first-order valence-corrected chi connectivity index (χ1v) is 23.3. The zero-order valence-electron chi connectivity index (χ0n) is 17.9. The molecule has 2 aromatic rings. The highest BCUT2D eigenvalue weighted by atomic mass is 32.6. The van der Waals surface area contributed by atoms with Crippen molar-refractivity contribution in [3.63, 3.8) is 0 Å². The van der Waals surface area contributed by atoms with Crippen LogP contribution < -0.4 is 10.7 Å². The maximum absolute atomic E-state index is 11.6. The zero-order valence-corrected chi connectivity index (χ0v) is 26.3. The number of hydrogen-bond donors (Lipinski definition) is 0. The molecule has 0 aromatic carbocycles. The molecule has 31 heavy (non-hydrogen) atoms. The molecule has 9 atom stereocenters. The van der Waals surface area contributed by atoms with E-state index in [9.17, 15) is 4.79 Å². The molecule has 1 amide bonds. The van der Waals surface area contributed by atoms with Crippen LogP contribution in [0, 0.1) is 5.92 Å². The van der Waals surface area contributed by atoms with Crippen LogP contribution in [0.2, 0.25) is 0 Å². The van der Waals surface area contributed by atoms with E-state index in [-0.39, 0.29) is 20.5 Å². The zero-order chi connectivity index (χ0) is 22.5. The molecule has 4 rings (SSSR count). The van der Waals surface area contributed by atoms with E-state index in [2.05, 4.69) is 58.7 Å². The molecule has 12 heteroatoms.